The Labute approximate surface area is 152 Å². The van der Waals surface area contributed by atoms with Gasteiger partial charge >= 0.3 is 0 Å². The molecule has 0 aliphatic rings. The molecule has 2 heterocycles. The summed E-state index contributed by atoms with van der Waals surface area (Å²) in [6, 6.07) is 7.86. The van der Waals surface area contributed by atoms with Crippen LogP contribution in [0.5, 0.6) is 0 Å². The maximum Gasteiger partial charge on any atom is 0.259 e. The summed E-state index contributed by atoms with van der Waals surface area (Å²) in [5.74, 6) is 0. The van der Waals surface area contributed by atoms with Crippen LogP contribution in [0.15, 0.2) is 29.1 Å². The van der Waals surface area contributed by atoms with Gasteiger partial charge in [-0.3, -0.25) is 9.36 Å². The van der Waals surface area contributed by atoms with Crippen LogP contribution in [0.1, 0.15) is 44.5 Å². The molecule has 0 atom stereocenters. The Morgan fingerprint density at radius 2 is 1.84 bits per heavy atom. The number of nitrogens with one attached hydrogen (secondary N) is 1. The molecule has 134 valence electrons. The van der Waals surface area contributed by atoms with Crippen molar-refractivity contribution in [3.05, 3.63) is 39.6 Å². The maximum atomic E-state index is 13.0. The second-order valence-electron chi connectivity index (χ2n) is 6.47. The van der Waals surface area contributed by atoms with Crippen molar-refractivity contribution in [1.82, 2.24) is 14.9 Å². The predicted molar refractivity (Wildman–Crippen MR) is 108 cm³/mol. The molecule has 0 amide bonds. The highest BCUT2D eigenvalue weighted by Crippen LogP contribution is 2.28. The fourth-order valence-corrected chi connectivity index (χ4v) is 4.23. The number of hydrogen-bond acceptors (Lipinski definition) is 4. The molecule has 0 spiro atoms. The van der Waals surface area contributed by atoms with Crippen molar-refractivity contribution < 1.29 is 0 Å². The van der Waals surface area contributed by atoms with Crippen LogP contribution in [0, 0.1) is 0 Å². The summed E-state index contributed by atoms with van der Waals surface area (Å²) in [6.45, 7) is 6.90. The van der Waals surface area contributed by atoms with Gasteiger partial charge in [0.2, 0.25) is 0 Å². The third-order valence-corrected chi connectivity index (χ3v) is 5.66. The summed E-state index contributed by atoms with van der Waals surface area (Å²) in [5, 5.41) is 6.34. The molecule has 1 aromatic carbocycles. The predicted octanol–water partition coefficient (Wildman–Crippen LogP) is 4.34. The Morgan fingerprint density at radius 1 is 1.08 bits per heavy atom. The molecule has 0 saturated heterocycles. The molecule has 4 nitrogen and oxygen atoms in total. The summed E-state index contributed by atoms with van der Waals surface area (Å²) < 4.78 is 1.92. The first-order chi connectivity index (χ1) is 12.3. The Balaban J connectivity index is 2.01. The van der Waals surface area contributed by atoms with Crippen LogP contribution in [0.25, 0.3) is 21.1 Å². The SMILES string of the molecule is CCCCNCCn1c(=O)c2ccccc2c2nc(CCCC)sc21. The van der Waals surface area contributed by atoms with E-state index in [9.17, 15) is 4.79 Å². The molecular weight excluding hydrogens is 330 g/mol. The van der Waals surface area contributed by atoms with E-state index in [0.717, 1.165) is 58.5 Å². The molecule has 0 fully saturated rings. The van der Waals surface area contributed by atoms with E-state index < -0.39 is 0 Å². The quantitative estimate of drug-likeness (QED) is 0.579. The third-order valence-electron chi connectivity index (χ3n) is 4.52. The molecule has 0 saturated carbocycles. The molecule has 0 bridgehead atoms. The van der Waals surface area contributed by atoms with E-state index in [1.54, 1.807) is 11.3 Å². The van der Waals surface area contributed by atoms with Crippen LogP contribution in [0.3, 0.4) is 0 Å². The van der Waals surface area contributed by atoms with E-state index in [4.69, 9.17) is 4.98 Å². The lowest BCUT2D eigenvalue weighted by Crippen LogP contribution is -2.27. The van der Waals surface area contributed by atoms with E-state index >= 15 is 0 Å². The number of aryl methyl sites for hydroxylation is 1. The van der Waals surface area contributed by atoms with E-state index in [2.05, 4.69) is 19.2 Å². The zero-order valence-electron chi connectivity index (χ0n) is 15.2. The van der Waals surface area contributed by atoms with Gasteiger partial charge in [-0.05, 0) is 31.9 Å². The molecule has 25 heavy (non-hydrogen) atoms. The van der Waals surface area contributed by atoms with E-state index in [1.807, 2.05) is 28.8 Å². The zero-order chi connectivity index (χ0) is 17.6. The van der Waals surface area contributed by atoms with Gasteiger partial charge < -0.3 is 5.32 Å². The minimum absolute atomic E-state index is 0.103. The number of nitrogens with zero attached hydrogens (tertiary/aromatic N) is 2. The van der Waals surface area contributed by atoms with Crippen LogP contribution in [-0.2, 0) is 13.0 Å². The van der Waals surface area contributed by atoms with Crippen molar-refractivity contribution >= 4 is 32.5 Å². The highest BCUT2D eigenvalue weighted by Gasteiger charge is 2.15. The second-order valence-corrected chi connectivity index (χ2v) is 7.53. The van der Waals surface area contributed by atoms with Gasteiger partial charge in [0.05, 0.1) is 5.01 Å². The fraction of sp³-hybridized carbons (Fsp3) is 0.500. The Morgan fingerprint density at radius 3 is 2.60 bits per heavy atom. The Hall–Kier alpha value is -1.72. The molecule has 1 N–H and O–H groups in total. The summed E-state index contributed by atoms with van der Waals surface area (Å²) >= 11 is 1.69. The largest absolute Gasteiger partial charge is 0.315 e. The summed E-state index contributed by atoms with van der Waals surface area (Å²) in [6.07, 6.45) is 5.64. The van der Waals surface area contributed by atoms with Crippen LogP contribution in [-0.4, -0.2) is 22.6 Å². The Bertz CT molecular complexity index is 897. The molecule has 2 aromatic heterocycles. The summed E-state index contributed by atoms with van der Waals surface area (Å²) in [7, 11) is 0. The van der Waals surface area contributed by atoms with Gasteiger partial charge in [-0.2, -0.15) is 0 Å². The van der Waals surface area contributed by atoms with Crippen LogP contribution in [0.2, 0.25) is 0 Å². The number of aromatic nitrogens is 2. The van der Waals surface area contributed by atoms with E-state index in [0.29, 0.717) is 6.54 Å². The number of hydrogen-bond donors (Lipinski definition) is 1. The first-order valence-electron chi connectivity index (χ1n) is 9.38. The molecule has 3 rings (SSSR count). The van der Waals surface area contributed by atoms with Crippen molar-refractivity contribution in [2.24, 2.45) is 0 Å². The highest BCUT2D eigenvalue weighted by molar-refractivity contribution is 7.18. The first-order valence-corrected chi connectivity index (χ1v) is 10.2. The van der Waals surface area contributed by atoms with Gasteiger partial charge in [-0.1, -0.05) is 44.9 Å². The van der Waals surface area contributed by atoms with Crippen LogP contribution in [0.4, 0.5) is 0 Å². The number of rotatable bonds is 9. The van der Waals surface area contributed by atoms with Crippen molar-refractivity contribution in [1.29, 1.82) is 0 Å². The third kappa shape index (κ3) is 3.93. The molecule has 0 unspecified atom stereocenters. The number of benzene rings is 1. The number of pyridine rings is 1. The molecular formula is C20H27N3OS. The summed E-state index contributed by atoms with van der Waals surface area (Å²) in [5.41, 5.74) is 1.09. The first kappa shape index (κ1) is 18.1. The van der Waals surface area contributed by atoms with Gasteiger partial charge in [0.1, 0.15) is 10.3 Å². The smallest absolute Gasteiger partial charge is 0.259 e. The molecule has 3 aromatic rings. The average molecular weight is 358 g/mol. The van der Waals surface area contributed by atoms with Crippen LogP contribution >= 0.6 is 11.3 Å². The topological polar surface area (TPSA) is 46.9 Å². The van der Waals surface area contributed by atoms with Crippen LogP contribution < -0.4 is 10.9 Å². The number of fused-ring (bicyclic) bond motifs is 3. The molecule has 0 aliphatic carbocycles. The lowest BCUT2D eigenvalue weighted by molar-refractivity contribution is 0.583. The lowest BCUT2D eigenvalue weighted by Gasteiger charge is -2.10. The Kier molecular flexibility index (Phi) is 6.21. The highest BCUT2D eigenvalue weighted by atomic mass is 32.1. The average Bonchev–Trinajstić information content (AvgIpc) is 3.06. The maximum absolute atomic E-state index is 13.0. The summed E-state index contributed by atoms with van der Waals surface area (Å²) in [4.78, 5) is 18.9. The normalized spacial score (nSPS) is 11.6. The molecule has 0 radical (unpaired) electrons. The molecule has 0 aliphatic heterocycles. The van der Waals surface area contributed by atoms with Crippen molar-refractivity contribution in [2.75, 3.05) is 13.1 Å². The zero-order valence-corrected chi connectivity index (χ0v) is 16.0. The standard InChI is InChI=1S/C20H27N3OS/c1-3-5-11-17-22-18-15-9-7-8-10-16(15)19(24)23(20(18)25-17)14-13-21-12-6-4-2/h7-10,21H,3-6,11-14H2,1-2H3. The van der Waals surface area contributed by atoms with Crippen molar-refractivity contribution in [2.45, 2.75) is 52.5 Å². The monoisotopic (exact) mass is 357 g/mol. The lowest BCUT2D eigenvalue weighted by atomic mass is 10.1. The van der Waals surface area contributed by atoms with Gasteiger partial charge in [0, 0.05) is 23.9 Å². The van der Waals surface area contributed by atoms with Gasteiger partial charge in [-0.25, -0.2) is 4.98 Å². The van der Waals surface area contributed by atoms with Gasteiger partial charge in [0.15, 0.2) is 0 Å². The van der Waals surface area contributed by atoms with Gasteiger partial charge in [0.25, 0.3) is 5.56 Å². The minimum Gasteiger partial charge on any atom is -0.315 e. The van der Waals surface area contributed by atoms with E-state index in [-0.39, 0.29) is 5.56 Å². The van der Waals surface area contributed by atoms with Crippen molar-refractivity contribution in [3.8, 4) is 0 Å². The molecule has 5 heteroatoms. The van der Waals surface area contributed by atoms with E-state index in [1.165, 1.54) is 12.8 Å². The number of thiazole rings is 1. The van der Waals surface area contributed by atoms with Crippen molar-refractivity contribution in [3.63, 3.8) is 0 Å². The minimum atomic E-state index is 0.103. The second kappa shape index (κ2) is 8.59. The van der Waals surface area contributed by atoms with Gasteiger partial charge in [-0.15, -0.1) is 11.3 Å². The number of unbranched alkanes of at least 4 members (excludes halogenated alkanes) is 2. The fourth-order valence-electron chi connectivity index (χ4n) is 3.08.